The normalized spacial score (nSPS) is 17.5. The number of nitrogens with zero attached hydrogens (tertiary/aromatic N) is 1. The number of nitrogens with one attached hydrogen (secondary N) is 1. The van der Waals surface area contributed by atoms with E-state index in [4.69, 9.17) is 4.74 Å². The maximum absolute atomic E-state index is 12.1. The van der Waals surface area contributed by atoms with Crippen LogP contribution in [0.1, 0.15) is 38.4 Å². The molecule has 0 spiro atoms. The number of amides is 2. The highest BCUT2D eigenvalue weighted by molar-refractivity contribution is 5.74. The Hall–Kier alpha value is -1.55. The van der Waals surface area contributed by atoms with Crippen molar-refractivity contribution in [1.82, 2.24) is 10.2 Å². The third-order valence-corrected chi connectivity index (χ3v) is 4.30. The van der Waals surface area contributed by atoms with Gasteiger partial charge in [-0.2, -0.15) is 0 Å². The zero-order chi connectivity index (χ0) is 15.9. The van der Waals surface area contributed by atoms with Crippen molar-refractivity contribution in [1.29, 1.82) is 0 Å². The van der Waals surface area contributed by atoms with Crippen molar-refractivity contribution >= 4 is 6.03 Å². The molecule has 4 heteroatoms. The molecule has 22 heavy (non-hydrogen) atoms. The van der Waals surface area contributed by atoms with E-state index in [-0.39, 0.29) is 12.1 Å². The summed E-state index contributed by atoms with van der Waals surface area (Å²) in [6.45, 7) is 6.57. The molecule has 1 N–H and O–H groups in total. The van der Waals surface area contributed by atoms with Gasteiger partial charge < -0.3 is 15.0 Å². The van der Waals surface area contributed by atoms with Crippen LogP contribution in [-0.4, -0.2) is 37.7 Å². The Bertz CT molecular complexity index is 453. The molecule has 0 aromatic heterocycles. The van der Waals surface area contributed by atoms with Crippen LogP contribution in [0, 0.1) is 11.8 Å². The van der Waals surface area contributed by atoms with Gasteiger partial charge in [0.15, 0.2) is 0 Å². The maximum atomic E-state index is 12.1. The smallest absolute Gasteiger partial charge is 0.317 e. The lowest BCUT2D eigenvalue weighted by Gasteiger charge is -2.35. The number of likely N-dealkylation sites (tertiary alicyclic amines) is 1. The molecule has 1 fully saturated rings. The minimum Gasteiger partial charge on any atom is -0.376 e. The van der Waals surface area contributed by atoms with Gasteiger partial charge in [-0.3, -0.25) is 0 Å². The van der Waals surface area contributed by atoms with Gasteiger partial charge >= 0.3 is 6.03 Å². The van der Waals surface area contributed by atoms with Crippen molar-refractivity contribution in [2.75, 3.05) is 26.7 Å². The Morgan fingerprint density at radius 2 is 1.91 bits per heavy atom. The van der Waals surface area contributed by atoms with E-state index in [1.807, 2.05) is 11.0 Å². The molecule has 1 aliphatic rings. The molecule has 0 aliphatic carbocycles. The third-order valence-electron chi connectivity index (χ3n) is 4.30. The lowest BCUT2D eigenvalue weighted by Crippen LogP contribution is -2.46. The summed E-state index contributed by atoms with van der Waals surface area (Å²) in [4.78, 5) is 14.0. The van der Waals surface area contributed by atoms with E-state index in [2.05, 4.69) is 43.4 Å². The lowest BCUT2D eigenvalue weighted by atomic mass is 9.87. The molecule has 1 aliphatic heterocycles. The molecule has 2 amide bonds. The molecule has 122 valence electrons. The molecule has 1 heterocycles. The van der Waals surface area contributed by atoms with Crippen LogP contribution in [0.5, 0.6) is 0 Å². The van der Waals surface area contributed by atoms with Crippen molar-refractivity contribution in [3.05, 3.63) is 35.9 Å². The second kappa shape index (κ2) is 8.18. The van der Waals surface area contributed by atoms with Crippen LogP contribution in [0.4, 0.5) is 4.79 Å². The van der Waals surface area contributed by atoms with Gasteiger partial charge in [-0.25, -0.2) is 4.79 Å². The van der Waals surface area contributed by atoms with Gasteiger partial charge in [0.05, 0.1) is 6.10 Å². The summed E-state index contributed by atoms with van der Waals surface area (Å²) >= 11 is 0. The van der Waals surface area contributed by atoms with Crippen LogP contribution in [0.25, 0.3) is 0 Å². The number of hydrogen-bond donors (Lipinski definition) is 1. The second-order valence-electron chi connectivity index (χ2n) is 6.47. The van der Waals surface area contributed by atoms with Gasteiger partial charge in [-0.05, 0) is 30.2 Å². The number of piperidine rings is 1. The van der Waals surface area contributed by atoms with E-state index in [9.17, 15) is 4.79 Å². The molecule has 0 radical (unpaired) electrons. The van der Waals surface area contributed by atoms with E-state index in [1.165, 1.54) is 5.56 Å². The third kappa shape index (κ3) is 4.47. The second-order valence-corrected chi connectivity index (χ2v) is 6.47. The Balaban J connectivity index is 1.87. The van der Waals surface area contributed by atoms with Gasteiger partial charge in [0.2, 0.25) is 0 Å². The number of ether oxygens (including phenoxy) is 1. The Kier molecular flexibility index (Phi) is 6.25. The van der Waals surface area contributed by atoms with Crippen molar-refractivity contribution in [2.24, 2.45) is 11.8 Å². The highest BCUT2D eigenvalue weighted by Gasteiger charge is 2.29. The lowest BCUT2D eigenvalue weighted by molar-refractivity contribution is 0.0255. The molecule has 2 rings (SSSR count). The molecule has 1 atom stereocenters. The summed E-state index contributed by atoms with van der Waals surface area (Å²) in [6.07, 6.45) is 2.10. The number of carbonyl (C=O) groups excluding carboxylic acids is 1. The Morgan fingerprint density at radius 1 is 1.27 bits per heavy atom. The fraction of sp³-hybridized carbons (Fsp3) is 0.611. The van der Waals surface area contributed by atoms with Crippen LogP contribution in [0.15, 0.2) is 30.3 Å². The predicted molar refractivity (Wildman–Crippen MR) is 88.7 cm³/mol. The molecule has 0 saturated carbocycles. The van der Waals surface area contributed by atoms with Gasteiger partial charge in [0, 0.05) is 26.7 Å². The number of rotatable bonds is 5. The van der Waals surface area contributed by atoms with E-state index in [0.29, 0.717) is 11.8 Å². The monoisotopic (exact) mass is 304 g/mol. The van der Waals surface area contributed by atoms with E-state index >= 15 is 0 Å². The quantitative estimate of drug-likeness (QED) is 0.905. The zero-order valence-electron chi connectivity index (χ0n) is 13.9. The number of carbonyl (C=O) groups is 1. The first-order chi connectivity index (χ1) is 10.6. The van der Waals surface area contributed by atoms with Crippen molar-refractivity contribution in [3.8, 4) is 0 Å². The molecular formula is C18H28N2O2. The average molecular weight is 304 g/mol. The average Bonchev–Trinajstić information content (AvgIpc) is 2.55. The molecule has 1 aromatic carbocycles. The molecule has 1 aromatic rings. The summed E-state index contributed by atoms with van der Waals surface area (Å²) in [5.74, 6) is 0.957. The molecule has 4 nitrogen and oxygen atoms in total. The zero-order valence-corrected chi connectivity index (χ0v) is 13.9. The van der Waals surface area contributed by atoms with Crippen molar-refractivity contribution < 1.29 is 9.53 Å². The summed E-state index contributed by atoms with van der Waals surface area (Å²) in [6, 6.07) is 10.4. The Labute approximate surface area is 133 Å². The molecule has 0 bridgehead atoms. The van der Waals surface area contributed by atoms with Gasteiger partial charge in [0.25, 0.3) is 0 Å². The van der Waals surface area contributed by atoms with Gasteiger partial charge in [-0.1, -0.05) is 44.2 Å². The van der Waals surface area contributed by atoms with Gasteiger partial charge in [0.1, 0.15) is 0 Å². The maximum Gasteiger partial charge on any atom is 0.317 e. The first-order valence-electron chi connectivity index (χ1n) is 8.22. The summed E-state index contributed by atoms with van der Waals surface area (Å²) in [7, 11) is 1.78. The number of methoxy groups -OCH3 is 1. The summed E-state index contributed by atoms with van der Waals surface area (Å²) in [5, 5.41) is 3.00. The highest BCUT2D eigenvalue weighted by Crippen LogP contribution is 2.33. The van der Waals surface area contributed by atoms with Crippen molar-refractivity contribution in [2.45, 2.75) is 32.8 Å². The van der Waals surface area contributed by atoms with Crippen LogP contribution in [0.3, 0.4) is 0 Å². The van der Waals surface area contributed by atoms with Gasteiger partial charge in [-0.15, -0.1) is 0 Å². The minimum atomic E-state index is 0.0702. The topological polar surface area (TPSA) is 41.6 Å². The largest absolute Gasteiger partial charge is 0.376 e. The van der Waals surface area contributed by atoms with Crippen LogP contribution in [-0.2, 0) is 4.74 Å². The minimum absolute atomic E-state index is 0.0702. The summed E-state index contributed by atoms with van der Waals surface area (Å²) in [5.41, 5.74) is 1.23. The van der Waals surface area contributed by atoms with Crippen molar-refractivity contribution in [3.63, 3.8) is 0 Å². The number of hydrogen-bond acceptors (Lipinski definition) is 2. The SMILES string of the molecule is COC(c1ccccc1)C1CCN(C(=O)NCC(C)C)CC1. The van der Waals surface area contributed by atoms with Crippen LogP contribution < -0.4 is 5.32 Å². The standard InChI is InChI=1S/C18H28N2O2/c1-14(2)13-19-18(21)20-11-9-16(10-12-20)17(22-3)15-7-5-4-6-8-15/h4-8,14,16-17H,9-13H2,1-3H3,(H,19,21). The number of benzene rings is 1. The highest BCUT2D eigenvalue weighted by atomic mass is 16.5. The molecular weight excluding hydrogens is 276 g/mol. The first-order valence-corrected chi connectivity index (χ1v) is 8.22. The molecule has 1 unspecified atom stereocenters. The fourth-order valence-corrected chi connectivity index (χ4v) is 3.05. The molecule has 1 saturated heterocycles. The summed E-state index contributed by atoms with van der Waals surface area (Å²) < 4.78 is 5.73. The van der Waals surface area contributed by atoms with Crippen LogP contribution >= 0.6 is 0 Å². The van der Waals surface area contributed by atoms with E-state index in [1.54, 1.807) is 7.11 Å². The predicted octanol–water partition coefficient (Wildman–Crippen LogP) is 3.45. The van der Waals surface area contributed by atoms with E-state index < -0.39 is 0 Å². The van der Waals surface area contributed by atoms with Crippen LogP contribution in [0.2, 0.25) is 0 Å². The fourth-order valence-electron chi connectivity index (χ4n) is 3.05. The first kappa shape index (κ1) is 16.8. The Morgan fingerprint density at radius 3 is 2.45 bits per heavy atom. The number of urea groups is 1. The van der Waals surface area contributed by atoms with E-state index in [0.717, 1.165) is 32.5 Å².